The van der Waals surface area contributed by atoms with Gasteiger partial charge in [-0.25, -0.2) is 0 Å². The lowest BCUT2D eigenvalue weighted by atomic mass is 10.1. The molecular formula is C19H23ClN4O. The number of amides is 1. The quantitative estimate of drug-likeness (QED) is 0.827. The fourth-order valence-corrected chi connectivity index (χ4v) is 3.29. The third-order valence-electron chi connectivity index (χ3n) is 4.48. The lowest BCUT2D eigenvalue weighted by Crippen LogP contribution is -2.44. The molecule has 6 heteroatoms. The minimum absolute atomic E-state index is 0.231. The summed E-state index contributed by atoms with van der Waals surface area (Å²) in [5, 5.41) is 3.42. The topological polar surface area (TPSA) is 61.6 Å². The second-order valence-electron chi connectivity index (χ2n) is 6.50. The molecule has 1 amide bonds. The normalized spacial score (nSPS) is 15.2. The number of nitrogens with zero attached hydrogens (tertiary/aromatic N) is 2. The minimum atomic E-state index is -0.231. The maximum absolute atomic E-state index is 12.7. The molecule has 0 bridgehead atoms. The standard InChI is InChI=1S/C19H23ClN4O/c1-13-3-5-15(16(20)11-13)19(25)22-17-12-14(21)4-6-18(17)24-9-7-23(2)8-10-24/h3-6,11-12H,7-10,21H2,1-2H3,(H,22,25). The Morgan fingerprint density at radius 3 is 2.52 bits per heavy atom. The van der Waals surface area contributed by atoms with E-state index >= 15 is 0 Å². The summed E-state index contributed by atoms with van der Waals surface area (Å²) in [7, 11) is 2.11. The molecule has 132 valence electrons. The molecule has 2 aromatic carbocycles. The lowest BCUT2D eigenvalue weighted by molar-refractivity contribution is 0.102. The van der Waals surface area contributed by atoms with Crippen LogP contribution in [0.1, 0.15) is 15.9 Å². The van der Waals surface area contributed by atoms with E-state index < -0.39 is 0 Å². The molecular weight excluding hydrogens is 336 g/mol. The van der Waals surface area contributed by atoms with Crippen molar-refractivity contribution in [1.29, 1.82) is 0 Å². The van der Waals surface area contributed by atoms with E-state index in [9.17, 15) is 4.79 Å². The van der Waals surface area contributed by atoms with E-state index in [1.165, 1.54) is 0 Å². The van der Waals surface area contributed by atoms with E-state index in [4.69, 9.17) is 17.3 Å². The van der Waals surface area contributed by atoms with Crippen LogP contribution in [0.5, 0.6) is 0 Å². The van der Waals surface area contributed by atoms with E-state index in [2.05, 4.69) is 22.2 Å². The average molecular weight is 359 g/mol. The molecule has 1 aliphatic rings. The van der Waals surface area contributed by atoms with Crippen LogP contribution in [0.2, 0.25) is 5.02 Å². The fraction of sp³-hybridized carbons (Fsp3) is 0.316. The molecule has 3 N–H and O–H groups in total. The van der Waals surface area contributed by atoms with Gasteiger partial charge in [0.25, 0.3) is 5.91 Å². The van der Waals surface area contributed by atoms with Crippen LogP contribution in [-0.2, 0) is 0 Å². The molecule has 3 rings (SSSR count). The molecule has 5 nitrogen and oxygen atoms in total. The number of hydrogen-bond acceptors (Lipinski definition) is 4. The Morgan fingerprint density at radius 2 is 1.84 bits per heavy atom. The van der Waals surface area contributed by atoms with Gasteiger partial charge in [-0.15, -0.1) is 0 Å². The number of halogens is 1. The van der Waals surface area contributed by atoms with Crippen LogP contribution in [0.25, 0.3) is 0 Å². The first-order valence-corrected chi connectivity index (χ1v) is 8.72. The Bertz CT molecular complexity index is 785. The second-order valence-corrected chi connectivity index (χ2v) is 6.91. The maximum atomic E-state index is 12.7. The summed E-state index contributed by atoms with van der Waals surface area (Å²) in [6, 6.07) is 11.0. The summed E-state index contributed by atoms with van der Waals surface area (Å²) in [4.78, 5) is 17.2. The summed E-state index contributed by atoms with van der Waals surface area (Å²) in [5.41, 5.74) is 9.73. The Labute approximate surface area is 153 Å². The van der Waals surface area contributed by atoms with Crippen LogP contribution in [0.4, 0.5) is 17.1 Å². The molecule has 1 saturated heterocycles. The van der Waals surface area contributed by atoms with Gasteiger partial charge in [0.1, 0.15) is 0 Å². The minimum Gasteiger partial charge on any atom is -0.399 e. The number of rotatable bonds is 3. The van der Waals surface area contributed by atoms with Gasteiger partial charge < -0.3 is 20.9 Å². The Hall–Kier alpha value is -2.24. The molecule has 2 aromatic rings. The summed E-state index contributed by atoms with van der Waals surface area (Å²) in [5.74, 6) is -0.231. The van der Waals surface area contributed by atoms with E-state index in [1.54, 1.807) is 18.2 Å². The van der Waals surface area contributed by atoms with Crippen molar-refractivity contribution in [3.05, 3.63) is 52.5 Å². The molecule has 1 fully saturated rings. The highest BCUT2D eigenvalue weighted by Crippen LogP contribution is 2.30. The first-order chi connectivity index (χ1) is 11.9. The van der Waals surface area contributed by atoms with Crippen molar-refractivity contribution in [2.75, 3.05) is 49.2 Å². The number of carbonyl (C=O) groups excluding carboxylic acids is 1. The third-order valence-corrected chi connectivity index (χ3v) is 4.79. The first kappa shape index (κ1) is 17.6. The Balaban J connectivity index is 1.86. The van der Waals surface area contributed by atoms with E-state index in [-0.39, 0.29) is 5.91 Å². The molecule has 0 spiro atoms. The number of anilines is 3. The number of hydrogen-bond donors (Lipinski definition) is 2. The van der Waals surface area contributed by atoms with Crippen molar-refractivity contribution in [3.63, 3.8) is 0 Å². The third kappa shape index (κ3) is 4.06. The van der Waals surface area contributed by atoms with Crippen LogP contribution in [0, 0.1) is 6.92 Å². The number of nitrogens with one attached hydrogen (secondary N) is 1. The van der Waals surface area contributed by atoms with E-state index in [1.807, 2.05) is 25.1 Å². The zero-order chi connectivity index (χ0) is 18.0. The van der Waals surface area contributed by atoms with Gasteiger partial charge in [0.05, 0.1) is 22.0 Å². The van der Waals surface area contributed by atoms with E-state index in [0.29, 0.717) is 22.0 Å². The number of piperazine rings is 1. The van der Waals surface area contributed by atoms with Crippen LogP contribution in [-0.4, -0.2) is 44.0 Å². The highest BCUT2D eigenvalue weighted by Gasteiger charge is 2.19. The SMILES string of the molecule is Cc1ccc(C(=O)Nc2cc(N)ccc2N2CCN(C)CC2)c(Cl)c1. The number of carbonyl (C=O) groups is 1. The van der Waals surface area contributed by atoms with Gasteiger partial charge in [-0.1, -0.05) is 17.7 Å². The smallest absolute Gasteiger partial charge is 0.257 e. The Morgan fingerprint density at radius 1 is 1.12 bits per heavy atom. The van der Waals surface area contributed by atoms with Gasteiger partial charge in [0.15, 0.2) is 0 Å². The predicted octanol–water partition coefficient (Wildman–Crippen LogP) is 3.23. The van der Waals surface area contributed by atoms with Crippen molar-refractivity contribution in [2.24, 2.45) is 0 Å². The molecule has 0 atom stereocenters. The molecule has 1 aliphatic heterocycles. The summed E-state index contributed by atoms with van der Waals surface area (Å²) < 4.78 is 0. The van der Waals surface area contributed by atoms with Crippen molar-refractivity contribution in [1.82, 2.24) is 4.90 Å². The zero-order valence-corrected chi connectivity index (χ0v) is 15.3. The van der Waals surface area contributed by atoms with Crippen LogP contribution in [0.15, 0.2) is 36.4 Å². The summed E-state index contributed by atoms with van der Waals surface area (Å²) in [6.07, 6.45) is 0. The van der Waals surface area contributed by atoms with E-state index in [0.717, 1.165) is 37.4 Å². The van der Waals surface area contributed by atoms with Crippen molar-refractivity contribution < 1.29 is 4.79 Å². The van der Waals surface area contributed by atoms with Crippen molar-refractivity contribution in [2.45, 2.75) is 6.92 Å². The number of nitrogen functional groups attached to an aromatic ring is 1. The lowest BCUT2D eigenvalue weighted by Gasteiger charge is -2.35. The molecule has 0 radical (unpaired) electrons. The van der Waals surface area contributed by atoms with Gasteiger partial charge in [-0.05, 0) is 49.9 Å². The number of benzene rings is 2. The summed E-state index contributed by atoms with van der Waals surface area (Å²) in [6.45, 7) is 5.74. The van der Waals surface area contributed by atoms with Crippen LogP contribution < -0.4 is 16.0 Å². The number of nitrogens with two attached hydrogens (primary N) is 1. The van der Waals surface area contributed by atoms with Gasteiger partial charge in [-0.2, -0.15) is 0 Å². The van der Waals surface area contributed by atoms with Crippen molar-refractivity contribution >= 4 is 34.6 Å². The molecule has 1 heterocycles. The van der Waals surface area contributed by atoms with Crippen molar-refractivity contribution in [3.8, 4) is 0 Å². The highest BCUT2D eigenvalue weighted by molar-refractivity contribution is 6.34. The largest absolute Gasteiger partial charge is 0.399 e. The van der Waals surface area contributed by atoms with Gasteiger partial charge in [0.2, 0.25) is 0 Å². The highest BCUT2D eigenvalue weighted by atomic mass is 35.5. The van der Waals surface area contributed by atoms with Crippen LogP contribution >= 0.6 is 11.6 Å². The maximum Gasteiger partial charge on any atom is 0.257 e. The molecule has 0 aromatic heterocycles. The predicted molar refractivity (Wildman–Crippen MR) is 105 cm³/mol. The fourth-order valence-electron chi connectivity index (χ4n) is 2.97. The summed E-state index contributed by atoms with van der Waals surface area (Å²) >= 11 is 6.22. The number of likely N-dealkylation sites (N-methyl/N-ethyl adjacent to an activating group) is 1. The monoisotopic (exact) mass is 358 g/mol. The second kappa shape index (κ2) is 7.33. The first-order valence-electron chi connectivity index (χ1n) is 8.34. The Kier molecular flexibility index (Phi) is 5.16. The number of aryl methyl sites for hydroxylation is 1. The van der Waals surface area contributed by atoms with Gasteiger partial charge >= 0.3 is 0 Å². The molecule has 0 saturated carbocycles. The zero-order valence-electron chi connectivity index (χ0n) is 14.6. The van der Waals surface area contributed by atoms with Crippen LogP contribution in [0.3, 0.4) is 0 Å². The van der Waals surface area contributed by atoms with Gasteiger partial charge in [0, 0.05) is 31.9 Å². The molecule has 0 aliphatic carbocycles. The average Bonchev–Trinajstić information content (AvgIpc) is 2.56. The van der Waals surface area contributed by atoms with Gasteiger partial charge in [-0.3, -0.25) is 4.79 Å². The molecule has 0 unspecified atom stereocenters. The molecule has 25 heavy (non-hydrogen) atoms.